The van der Waals surface area contributed by atoms with Crippen molar-refractivity contribution in [3.8, 4) is 0 Å². The zero-order valence-electron chi connectivity index (χ0n) is 7.06. The molecule has 4 heteroatoms. The van der Waals surface area contributed by atoms with Gasteiger partial charge in [-0.05, 0) is 6.42 Å². The maximum absolute atomic E-state index is 11.1. The highest BCUT2D eigenvalue weighted by Crippen LogP contribution is 2.29. The number of rotatable bonds is 0. The molecule has 0 aromatic rings. The number of hydrogen-bond donors (Lipinski definition) is 1. The molecular weight excluding hydrogens is 158 g/mol. The van der Waals surface area contributed by atoms with E-state index in [4.69, 9.17) is 4.74 Å². The first-order valence-electron chi connectivity index (χ1n) is 4.27. The van der Waals surface area contributed by atoms with Crippen LogP contribution < -0.4 is 0 Å². The number of aliphatic hydroxyl groups excluding tert-OH is 1. The molecule has 0 bridgehead atoms. The second-order valence-corrected chi connectivity index (χ2v) is 3.43. The van der Waals surface area contributed by atoms with E-state index in [-0.39, 0.29) is 18.1 Å². The van der Waals surface area contributed by atoms with Gasteiger partial charge in [0.25, 0.3) is 0 Å². The van der Waals surface area contributed by atoms with Gasteiger partial charge in [0.2, 0.25) is 5.91 Å². The summed E-state index contributed by atoms with van der Waals surface area (Å²) < 4.78 is 5.33. The highest BCUT2D eigenvalue weighted by Gasteiger charge is 2.45. The Labute approximate surface area is 71.1 Å². The third-order valence-corrected chi connectivity index (χ3v) is 2.68. The lowest BCUT2D eigenvalue weighted by atomic mass is 10.1. The Morgan fingerprint density at radius 3 is 3.08 bits per heavy atom. The highest BCUT2D eigenvalue weighted by molar-refractivity contribution is 5.74. The Balaban J connectivity index is 2.14. The smallest absolute Gasteiger partial charge is 0.219 e. The topological polar surface area (TPSA) is 49.8 Å². The van der Waals surface area contributed by atoms with E-state index in [0.29, 0.717) is 6.61 Å². The van der Waals surface area contributed by atoms with Crippen LogP contribution in [-0.4, -0.2) is 47.3 Å². The molecule has 68 valence electrons. The molecule has 3 unspecified atom stereocenters. The Morgan fingerprint density at radius 1 is 1.67 bits per heavy atom. The quantitative estimate of drug-likeness (QED) is 0.528. The summed E-state index contributed by atoms with van der Waals surface area (Å²) in [6.45, 7) is 2.63. The van der Waals surface area contributed by atoms with Crippen LogP contribution in [0, 0.1) is 0 Å². The van der Waals surface area contributed by atoms with E-state index >= 15 is 0 Å². The van der Waals surface area contributed by atoms with Gasteiger partial charge in [0, 0.05) is 13.5 Å². The number of hydrogen-bond acceptors (Lipinski definition) is 3. The molecule has 0 saturated carbocycles. The lowest BCUT2D eigenvalue weighted by Gasteiger charge is -2.23. The fourth-order valence-electron chi connectivity index (χ4n) is 2.11. The zero-order valence-corrected chi connectivity index (χ0v) is 7.06. The van der Waals surface area contributed by atoms with Crippen LogP contribution in [0.1, 0.15) is 13.3 Å². The van der Waals surface area contributed by atoms with Gasteiger partial charge in [-0.3, -0.25) is 4.79 Å². The number of carbonyl (C=O) groups excluding carboxylic acids is 1. The van der Waals surface area contributed by atoms with Gasteiger partial charge >= 0.3 is 0 Å². The van der Waals surface area contributed by atoms with E-state index in [9.17, 15) is 9.90 Å². The maximum atomic E-state index is 11.1. The maximum Gasteiger partial charge on any atom is 0.219 e. The third-order valence-electron chi connectivity index (χ3n) is 2.68. The SMILES string of the molecule is CC(=O)N1CCC2OCC(O)C21. The number of amides is 1. The van der Waals surface area contributed by atoms with Crippen LogP contribution in [0.3, 0.4) is 0 Å². The number of carbonyl (C=O) groups is 1. The highest BCUT2D eigenvalue weighted by atomic mass is 16.5. The van der Waals surface area contributed by atoms with Gasteiger partial charge in [-0.15, -0.1) is 0 Å². The Bertz CT molecular complexity index is 206. The largest absolute Gasteiger partial charge is 0.388 e. The summed E-state index contributed by atoms with van der Waals surface area (Å²) in [5.41, 5.74) is 0. The zero-order chi connectivity index (χ0) is 8.72. The first kappa shape index (κ1) is 8.01. The molecule has 3 atom stereocenters. The molecule has 0 aromatic heterocycles. The molecule has 1 N–H and O–H groups in total. The van der Waals surface area contributed by atoms with Crippen LogP contribution in [0.25, 0.3) is 0 Å². The summed E-state index contributed by atoms with van der Waals surface area (Å²) in [6, 6.07) is -0.0810. The van der Waals surface area contributed by atoms with Crippen molar-refractivity contribution in [3.05, 3.63) is 0 Å². The number of likely N-dealkylation sites (tertiary alicyclic amines) is 1. The first-order chi connectivity index (χ1) is 5.70. The van der Waals surface area contributed by atoms with Gasteiger partial charge in [-0.2, -0.15) is 0 Å². The van der Waals surface area contributed by atoms with Crippen LogP contribution in [0.5, 0.6) is 0 Å². The molecule has 1 amide bonds. The second kappa shape index (κ2) is 2.71. The number of ether oxygens (including phenoxy) is 1. The predicted octanol–water partition coefficient (Wildman–Crippen LogP) is -0.633. The number of fused-ring (bicyclic) bond motifs is 1. The first-order valence-corrected chi connectivity index (χ1v) is 4.27. The van der Waals surface area contributed by atoms with E-state index in [1.807, 2.05) is 0 Å². The molecular formula is C8H13NO3. The summed E-state index contributed by atoms with van der Waals surface area (Å²) in [6.07, 6.45) is 0.451. The summed E-state index contributed by atoms with van der Waals surface area (Å²) in [4.78, 5) is 12.8. The fraction of sp³-hybridized carbons (Fsp3) is 0.875. The van der Waals surface area contributed by atoms with Crippen molar-refractivity contribution in [1.29, 1.82) is 0 Å². The molecule has 2 heterocycles. The van der Waals surface area contributed by atoms with Crippen LogP contribution in [-0.2, 0) is 9.53 Å². The number of nitrogens with zero attached hydrogens (tertiary/aromatic N) is 1. The van der Waals surface area contributed by atoms with Gasteiger partial charge in [0.1, 0.15) is 6.10 Å². The van der Waals surface area contributed by atoms with Crippen molar-refractivity contribution in [2.45, 2.75) is 31.6 Å². The minimum absolute atomic E-state index is 0.0343. The lowest BCUT2D eigenvalue weighted by molar-refractivity contribution is -0.131. The van der Waals surface area contributed by atoms with E-state index in [1.165, 1.54) is 6.92 Å². The van der Waals surface area contributed by atoms with Crippen molar-refractivity contribution < 1.29 is 14.6 Å². The van der Waals surface area contributed by atoms with Gasteiger partial charge < -0.3 is 14.7 Å². The van der Waals surface area contributed by atoms with Crippen LogP contribution in [0.15, 0.2) is 0 Å². The van der Waals surface area contributed by atoms with Crippen molar-refractivity contribution >= 4 is 5.91 Å². The van der Waals surface area contributed by atoms with E-state index < -0.39 is 6.10 Å². The van der Waals surface area contributed by atoms with Crippen molar-refractivity contribution in [2.75, 3.05) is 13.2 Å². The molecule has 2 aliphatic heterocycles. The minimum Gasteiger partial charge on any atom is -0.388 e. The average Bonchev–Trinajstić information content (AvgIpc) is 2.53. The standard InChI is InChI=1S/C8H13NO3/c1-5(10)9-3-2-7-8(9)6(11)4-12-7/h6-8,11H,2-4H2,1H3. The van der Waals surface area contributed by atoms with Crippen molar-refractivity contribution in [3.63, 3.8) is 0 Å². The molecule has 0 radical (unpaired) electrons. The summed E-state index contributed by atoms with van der Waals surface area (Å²) >= 11 is 0. The second-order valence-electron chi connectivity index (χ2n) is 3.43. The summed E-state index contributed by atoms with van der Waals surface area (Å²) in [5, 5.41) is 9.50. The van der Waals surface area contributed by atoms with Gasteiger partial charge in [-0.1, -0.05) is 0 Å². The van der Waals surface area contributed by atoms with E-state index in [0.717, 1.165) is 13.0 Å². The monoisotopic (exact) mass is 171 g/mol. The molecule has 0 spiro atoms. The van der Waals surface area contributed by atoms with Crippen LogP contribution in [0.4, 0.5) is 0 Å². The third kappa shape index (κ3) is 1.03. The van der Waals surface area contributed by atoms with Gasteiger partial charge in [0.05, 0.1) is 18.8 Å². The molecule has 4 nitrogen and oxygen atoms in total. The number of aliphatic hydroxyl groups is 1. The Kier molecular flexibility index (Phi) is 1.81. The minimum atomic E-state index is -0.485. The predicted molar refractivity (Wildman–Crippen MR) is 41.5 cm³/mol. The van der Waals surface area contributed by atoms with E-state index in [1.54, 1.807) is 4.90 Å². The average molecular weight is 171 g/mol. The van der Waals surface area contributed by atoms with Crippen molar-refractivity contribution in [2.24, 2.45) is 0 Å². The summed E-state index contributed by atoms with van der Waals surface area (Å²) in [7, 11) is 0. The van der Waals surface area contributed by atoms with Gasteiger partial charge in [-0.25, -0.2) is 0 Å². The Morgan fingerprint density at radius 2 is 2.42 bits per heavy atom. The molecule has 2 aliphatic rings. The molecule has 12 heavy (non-hydrogen) atoms. The molecule has 2 rings (SSSR count). The normalized spacial score (nSPS) is 40.2. The van der Waals surface area contributed by atoms with Gasteiger partial charge in [0.15, 0.2) is 0 Å². The van der Waals surface area contributed by atoms with Crippen LogP contribution in [0.2, 0.25) is 0 Å². The molecule has 0 aliphatic carbocycles. The van der Waals surface area contributed by atoms with E-state index in [2.05, 4.69) is 0 Å². The fourth-order valence-corrected chi connectivity index (χ4v) is 2.11. The van der Waals surface area contributed by atoms with Crippen molar-refractivity contribution in [1.82, 2.24) is 4.90 Å². The molecule has 2 saturated heterocycles. The molecule has 0 aromatic carbocycles. The molecule has 2 fully saturated rings. The van der Waals surface area contributed by atoms with Crippen LogP contribution >= 0.6 is 0 Å². The Hall–Kier alpha value is -0.610. The lowest BCUT2D eigenvalue weighted by Crippen LogP contribution is -2.42. The summed E-state index contributed by atoms with van der Waals surface area (Å²) in [5.74, 6) is 0.0343.